The summed E-state index contributed by atoms with van der Waals surface area (Å²) in [5.74, 6) is -0.240. The molecule has 6 heteroatoms. The second-order valence-electron chi connectivity index (χ2n) is 5.18. The molecule has 1 amide bonds. The van der Waals surface area contributed by atoms with E-state index in [1.54, 1.807) is 6.07 Å². The van der Waals surface area contributed by atoms with Crippen molar-refractivity contribution in [3.05, 3.63) is 71.1 Å². The van der Waals surface area contributed by atoms with E-state index >= 15 is 0 Å². The third kappa shape index (κ3) is 4.04. The lowest BCUT2D eigenvalue weighted by Crippen LogP contribution is -2.34. The van der Waals surface area contributed by atoms with E-state index in [1.807, 2.05) is 60.8 Å². The van der Waals surface area contributed by atoms with Gasteiger partial charge in [-0.15, -0.1) is 11.3 Å². The van der Waals surface area contributed by atoms with Crippen molar-refractivity contribution in [1.29, 1.82) is 0 Å². The van der Waals surface area contributed by atoms with Crippen LogP contribution in [0.2, 0.25) is 0 Å². The first kappa shape index (κ1) is 16.3. The van der Waals surface area contributed by atoms with E-state index in [2.05, 4.69) is 15.6 Å². The van der Waals surface area contributed by atoms with Gasteiger partial charge in [0.2, 0.25) is 0 Å². The van der Waals surface area contributed by atoms with E-state index in [4.69, 9.17) is 12.2 Å². The zero-order valence-electron chi connectivity index (χ0n) is 12.9. The molecule has 3 aromatic rings. The van der Waals surface area contributed by atoms with Crippen molar-refractivity contribution in [1.82, 2.24) is 10.3 Å². The molecule has 0 aliphatic rings. The fourth-order valence-electron chi connectivity index (χ4n) is 2.16. The molecule has 3 rings (SSSR count). The van der Waals surface area contributed by atoms with Crippen molar-refractivity contribution in [2.24, 2.45) is 0 Å². The number of aryl methyl sites for hydroxylation is 1. The number of nitrogens with one attached hydrogen (secondary N) is 2. The van der Waals surface area contributed by atoms with Crippen LogP contribution in [0.15, 0.2) is 60.0 Å². The topological polar surface area (TPSA) is 54.0 Å². The number of hydrogen-bond donors (Lipinski definition) is 2. The molecule has 120 valence electrons. The van der Waals surface area contributed by atoms with Crippen LogP contribution in [-0.2, 0) is 0 Å². The van der Waals surface area contributed by atoms with E-state index in [9.17, 15) is 4.79 Å². The van der Waals surface area contributed by atoms with Crippen LogP contribution in [-0.4, -0.2) is 16.0 Å². The monoisotopic (exact) mass is 353 g/mol. The second kappa shape index (κ2) is 7.33. The van der Waals surface area contributed by atoms with E-state index in [1.165, 1.54) is 11.3 Å². The largest absolute Gasteiger partial charge is 0.308 e. The highest BCUT2D eigenvalue weighted by atomic mass is 32.1. The van der Waals surface area contributed by atoms with Crippen LogP contribution < -0.4 is 10.6 Å². The van der Waals surface area contributed by atoms with Gasteiger partial charge in [-0.25, -0.2) is 4.98 Å². The van der Waals surface area contributed by atoms with Crippen LogP contribution in [0.25, 0.3) is 11.3 Å². The number of carbonyl (C=O) groups excluding carboxylic acids is 1. The lowest BCUT2D eigenvalue weighted by Gasteiger charge is -2.07. The number of carbonyl (C=O) groups is 1. The molecule has 0 fully saturated rings. The van der Waals surface area contributed by atoms with Crippen molar-refractivity contribution in [3.63, 3.8) is 0 Å². The maximum atomic E-state index is 12.2. The average Bonchev–Trinajstić information content (AvgIpc) is 3.04. The molecule has 1 heterocycles. The number of aromatic nitrogens is 1. The van der Waals surface area contributed by atoms with Gasteiger partial charge in [-0.2, -0.15) is 0 Å². The molecule has 1 aromatic heterocycles. The summed E-state index contributed by atoms with van der Waals surface area (Å²) in [6.45, 7) is 1.94. The van der Waals surface area contributed by atoms with Crippen LogP contribution in [0, 0.1) is 6.92 Å². The van der Waals surface area contributed by atoms with Gasteiger partial charge in [-0.1, -0.05) is 48.0 Å². The molecule has 4 nitrogen and oxygen atoms in total. The number of amides is 1. The third-order valence-electron chi connectivity index (χ3n) is 3.30. The second-order valence-corrected chi connectivity index (χ2v) is 6.45. The van der Waals surface area contributed by atoms with Crippen LogP contribution in [0.3, 0.4) is 0 Å². The Labute approximate surface area is 149 Å². The Balaban J connectivity index is 1.63. The Morgan fingerprint density at radius 3 is 2.67 bits per heavy atom. The molecule has 2 N–H and O–H groups in total. The van der Waals surface area contributed by atoms with Crippen LogP contribution in [0.1, 0.15) is 15.9 Å². The molecular weight excluding hydrogens is 338 g/mol. The molecule has 0 radical (unpaired) electrons. The number of benzene rings is 2. The lowest BCUT2D eigenvalue weighted by atomic mass is 10.1. The zero-order valence-corrected chi connectivity index (χ0v) is 14.6. The van der Waals surface area contributed by atoms with E-state index < -0.39 is 0 Å². The molecule has 0 atom stereocenters. The predicted molar refractivity (Wildman–Crippen MR) is 102 cm³/mol. The minimum Gasteiger partial charge on any atom is -0.308 e. The Hall–Kier alpha value is -2.57. The molecule has 0 saturated carbocycles. The summed E-state index contributed by atoms with van der Waals surface area (Å²) in [4.78, 5) is 16.7. The fraction of sp³-hybridized carbons (Fsp3) is 0.0556. The number of anilines is 1. The molecule has 0 spiro atoms. The number of rotatable bonds is 3. The smallest absolute Gasteiger partial charge is 0.257 e. The van der Waals surface area contributed by atoms with Crippen molar-refractivity contribution in [3.8, 4) is 11.3 Å². The quantitative estimate of drug-likeness (QED) is 0.691. The fourth-order valence-corrected chi connectivity index (χ4v) is 3.14. The lowest BCUT2D eigenvalue weighted by molar-refractivity contribution is 0.0977. The summed E-state index contributed by atoms with van der Waals surface area (Å²) in [5, 5.41) is 8.44. The molecular formula is C18H15N3OS2. The summed E-state index contributed by atoms with van der Waals surface area (Å²) in [6, 6.07) is 17.2. The Kier molecular flexibility index (Phi) is 4.98. The number of nitrogens with zero attached hydrogens (tertiary/aromatic N) is 1. The highest BCUT2D eigenvalue weighted by molar-refractivity contribution is 7.80. The normalized spacial score (nSPS) is 10.2. The van der Waals surface area contributed by atoms with E-state index in [0.717, 1.165) is 16.8 Å². The van der Waals surface area contributed by atoms with Crippen LogP contribution in [0.4, 0.5) is 5.13 Å². The summed E-state index contributed by atoms with van der Waals surface area (Å²) in [6.07, 6.45) is 0. The first-order valence-electron chi connectivity index (χ1n) is 7.32. The molecule has 0 saturated heterocycles. The van der Waals surface area contributed by atoms with Crippen molar-refractivity contribution in [2.45, 2.75) is 6.92 Å². The van der Waals surface area contributed by atoms with Gasteiger partial charge in [0.1, 0.15) is 0 Å². The van der Waals surface area contributed by atoms with Gasteiger partial charge < -0.3 is 5.32 Å². The molecule has 0 bridgehead atoms. The van der Waals surface area contributed by atoms with Gasteiger partial charge in [0, 0.05) is 16.5 Å². The molecule has 0 unspecified atom stereocenters. The van der Waals surface area contributed by atoms with Gasteiger partial charge in [-0.05, 0) is 31.3 Å². The predicted octanol–water partition coefficient (Wildman–Crippen LogP) is 4.25. The van der Waals surface area contributed by atoms with Crippen molar-refractivity contribution < 1.29 is 4.79 Å². The zero-order chi connectivity index (χ0) is 16.9. The number of thiocarbonyl (C=S) groups is 1. The molecule has 2 aromatic carbocycles. The highest BCUT2D eigenvalue weighted by Crippen LogP contribution is 2.24. The van der Waals surface area contributed by atoms with Crippen molar-refractivity contribution in [2.75, 3.05) is 5.32 Å². The van der Waals surface area contributed by atoms with Gasteiger partial charge in [0.15, 0.2) is 10.2 Å². The minimum absolute atomic E-state index is 0.232. The standard InChI is InChI=1S/C18H15N3OS2/c1-12-6-5-9-14(10-12)16(22)20-17(23)21-18-19-15(11-24-18)13-7-3-2-4-8-13/h2-11H,1H3,(H2,19,20,21,22,23). The van der Waals surface area contributed by atoms with Gasteiger partial charge >= 0.3 is 0 Å². The van der Waals surface area contributed by atoms with Crippen LogP contribution >= 0.6 is 23.6 Å². The summed E-state index contributed by atoms with van der Waals surface area (Å²) < 4.78 is 0. The van der Waals surface area contributed by atoms with Gasteiger partial charge in [-0.3, -0.25) is 10.1 Å². The first-order chi connectivity index (χ1) is 11.6. The first-order valence-corrected chi connectivity index (χ1v) is 8.60. The molecule has 0 aliphatic heterocycles. The minimum atomic E-state index is -0.240. The molecule has 0 aliphatic carbocycles. The van der Waals surface area contributed by atoms with Gasteiger partial charge in [0.05, 0.1) is 5.69 Å². The number of thiazole rings is 1. The third-order valence-corrected chi connectivity index (χ3v) is 4.26. The Bertz CT molecular complexity index is 875. The SMILES string of the molecule is Cc1cccc(C(=O)NC(=S)Nc2nc(-c3ccccc3)cs2)c1. The summed E-state index contributed by atoms with van der Waals surface area (Å²) in [7, 11) is 0. The summed E-state index contributed by atoms with van der Waals surface area (Å²) >= 11 is 6.63. The highest BCUT2D eigenvalue weighted by Gasteiger charge is 2.10. The average molecular weight is 353 g/mol. The van der Waals surface area contributed by atoms with Crippen molar-refractivity contribution >= 4 is 39.7 Å². The van der Waals surface area contributed by atoms with Gasteiger partial charge in [0.25, 0.3) is 5.91 Å². The van der Waals surface area contributed by atoms with E-state index in [0.29, 0.717) is 10.7 Å². The summed E-state index contributed by atoms with van der Waals surface area (Å²) in [5.41, 5.74) is 3.50. The Morgan fingerprint density at radius 2 is 1.92 bits per heavy atom. The maximum Gasteiger partial charge on any atom is 0.257 e. The van der Waals surface area contributed by atoms with Crippen LogP contribution in [0.5, 0.6) is 0 Å². The molecule has 24 heavy (non-hydrogen) atoms. The maximum absolute atomic E-state index is 12.2. The number of hydrogen-bond acceptors (Lipinski definition) is 4. The Morgan fingerprint density at radius 1 is 1.12 bits per heavy atom. The van der Waals surface area contributed by atoms with E-state index in [-0.39, 0.29) is 11.0 Å².